The predicted octanol–water partition coefficient (Wildman–Crippen LogP) is 2.08. The molecule has 3 heteroatoms. The van der Waals surface area contributed by atoms with E-state index < -0.39 is 0 Å². The molecule has 1 rings (SSSR count). The maximum atomic E-state index is 11.6. The maximum absolute atomic E-state index is 11.6. The second kappa shape index (κ2) is 6.42. The Bertz CT molecular complexity index is 220. The first-order chi connectivity index (χ1) is 6.84. The van der Waals surface area contributed by atoms with Crippen LogP contribution in [0.25, 0.3) is 0 Å². The van der Waals surface area contributed by atoms with E-state index in [9.17, 15) is 4.79 Å². The highest BCUT2D eigenvalue weighted by Crippen LogP contribution is 2.12. The monoisotopic (exact) mass is 194 g/mol. The molecule has 0 aromatic heterocycles. The van der Waals surface area contributed by atoms with Crippen LogP contribution in [0.2, 0.25) is 0 Å². The van der Waals surface area contributed by atoms with E-state index in [1.54, 1.807) is 0 Å². The molecule has 1 heterocycles. The van der Waals surface area contributed by atoms with E-state index in [2.05, 4.69) is 6.07 Å². The Morgan fingerprint density at radius 1 is 1.21 bits per heavy atom. The van der Waals surface area contributed by atoms with Gasteiger partial charge >= 0.3 is 0 Å². The minimum absolute atomic E-state index is 0.238. The van der Waals surface area contributed by atoms with Crippen molar-refractivity contribution in [2.75, 3.05) is 13.1 Å². The standard InChI is InChI=1S/C11H18N2O/c12-8-6-10-13-9-5-3-1-2-4-7-11(13)14/h1-7,9-10H2. The van der Waals surface area contributed by atoms with Crippen LogP contribution in [0.4, 0.5) is 0 Å². The van der Waals surface area contributed by atoms with Gasteiger partial charge in [0.2, 0.25) is 5.91 Å². The maximum Gasteiger partial charge on any atom is 0.222 e. The van der Waals surface area contributed by atoms with Gasteiger partial charge in [0, 0.05) is 19.5 Å². The molecule has 3 nitrogen and oxygen atoms in total. The number of nitriles is 1. The van der Waals surface area contributed by atoms with Crippen LogP contribution in [-0.2, 0) is 4.79 Å². The SMILES string of the molecule is N#CCCN1CCCCCCCC1=O. The molecule has 0 aliphatic carbocycles. The summed E-state index contributed by atoms with van der Waals surface area (Å²) in [6, 6.07) is 2.09. The van der Waals surface area contributed by atoms with E-state index in [1.807, 2.05) is 4.90 Å². The molecule has 0 aromatic carbocycles. The molecule has 1 aliphatic rings. The summed E-state index contributed by atoms with van der Waals surface area (Å²) in [4.78, 5) is 13.5. The molecule has 0 bridgehead atoms. The van der Waals surface area contributed by atoms with Crippen LogP contribution in [0.5, 0.6) is 0 Å². The molecule has 0 aromatic rings. The number of nitrogens with zero attached hydrogens (tertiary/aromatic N) is 2. The Labute approximate surface area is 85.7 Å². The summed E-state index contributed by atoms with van der Waals surface area (Å²) in [6.45, 7) is 1.47. The topological polar surface area (TPSA) is 44.1 Å². The highest BCUT2D eigenvalue weighted by atomic mass is 16.2. The van der Waals surface area contributed by atoms with Crippen LogP contribution in [0.15, 0.2) is 0 Å². The largest absolute Gasteiger partial charge is 0.342 e. The summed E-state index contributed by atoms with van der Waals surface area (Å²) in [7, 11) is 0. The lowest BCUT2D eigenvalue weighted by molar-refractivity contribution is -0.131. The lowest BCUT2D eigenvalue weighted by atomic mass is 10.1. The van der Waals surface area contributed by atoms with Crippen molar-refractivity contribution in [2.45, 2.75) is 44.9 Å². The van der Waals surface area contributed by atoms with Crippen molar-refractivity contribution in [3.8, 4) is 6.07 Å². The molecule has 0 unspecified atom stereocenters. The van der Waals surface area contributed by atoms with Gasteiger partial charge in [0.25, 0.3) is 0 Å². The Hall–Kier alpha value is -1.04. The molecular weight excluding hydrogens is 176 g/mol. The number of hydrogen-bond donors (Lipinski definition) is 0. The Balaban J connectivity index is 2.41. The highest BCUT2D eigenvalue weighted by molar-refractivity contribution is 5.76. The van der Waals surface area contributed by atoms with Gasteiger partial charge in [-0.15, -0.1) is 0 Å². The smallest absolute Gasteiger partial charge is 0.222 e. The number of hydrogen-bond acceptors (Lipinski definition) is 2. The second-order valence-corrected chi connectivity index (χ2v) is 3.81. The highest BCUT2D eigenvalue weighted by Gasteiger charge is 2.13. The van der Waals surface area contributed by atoms with Gasteiger partial charge < -0.3 is 4.90 Å². The van der Waals surface area contributed by atoms with Crippen LogP contribution in [0.1, 0.15) is 44.9 Å². The van der Waals surface area contributed by atoms with Gasteiger partial charge in [0.05, 0.1) is 12.5 Å². The van der Waals surface area contributed by atoms with E-state index >= 15 is 0 Å². The summed E-state index contributed by atoms with van der Waals surface area (Å²) in [5, 5.41) is 8.48. The zero-order valence-corrected chi connectivity index (χ0v) is 8.67. The second-order valence-electron chi connectivity index (χ2n) is 3.81. The zero-order valence-electron chi connectivity index (χ0n) is 8.67. The first-order valence-corrected chi connectivity index (χ1v) is 5.49. The van der Waals surface area contributed by atoms with E-state index in [0.717, 1.165) is 19.4 Å². The molecule has 1 aliphatic heterocycles. The van der Waals surface area contributed by atoms with Gasteiger partial charge in [-0.25, -0.2) is 0 Å². The molecule has 0 radical (unpaired) electrons. The Morgan fingerprint density at radius 3 is 2.71 bits per heavy atom. The summed E-state index contributed by atoms with van der Waals surface area (Å²) in [6.07, 6.45) is 6.89. The zero-order chi connectivity index (χ0) is 10.2. The third-order valence-corrected chi connectivity index (χ3v) is 2.66. The van der Waals surface area contributed by atoms with Crippen molar-refractivity contribution >= 4 is 5.91 Å². The summed E-state index contributed by atoms with van der Waals surface area (Å²) in [5.74, 6) is 0.238. The van der Waals surface area contributed by atoms with Crippen LogP contribution in [-0.4, -0.2) is 23.9 Å². The van der Waals surface area contributed by atoms with Gasteiger partial charge in [-0.3, -0.25) is 4.79 Å². The molecule has 0 N–H and O–H groups in total. The number of amides is 1. The molecule has 0 spiro atoms. The number of carbonyl (C=O) groups is 1. The van der Waals surface area contributed by atoms with Crippen LogP contribution >= 0.6 is 0 Å². The Morgan fingerprint density at radius 2 is 1.93 bits per heavy atom. The van der Waals surface area contributed by atoms with Gasteiger partial charge in [0.1, 0.15) is 0 Å². The number of rotatable bonds is 2. The molecule has 78 valence electrons. The summed E-state index contributed by atoms with van der Waals surface area (Å²) < 4.78 is 0. The van der Waals surface area contributed by atoms with Crippen LogP contribution in [0.3, 0.4) is 0 Å². The van der Waals surface area contributed by atoms with E-state index in [4.69, 9.17) is 5.26 Å². The first-order valence-electron chi connectivity index (χ1n) is 5.49. The lowest BCUT2D eigenvalue weighted by Crippen LogP contribution is -2.32. The first kappa shape index (κ1) is 11.0. The van der Waals surface area contributed by atoms with Gasteiger partial charge in [0.15, 0.2) is 0 Å². The average molecular weight is 194 g/mol. The van der Waals surface area contributed by atoms with Crippen LogP contribution in [0, 0.1) is 11.3 Å². The molecule has 1 fully saturated rings. The summed E-state index contributed by atoms with van der Waals surface area (Å²) in [5.41, 5.74) is 0. The van der Waals surface area contributed by atoms with Gasteiger partial charge in [-0.1, -0.05) is 19.3 Å². The van der Waals surface area contributed by atoms with Crippen molar-refractivity contribution in [3.05, 3.63) is 0 Å². The van der Waals surface area contributed by atoms with E-state index in [1.165, 1.54) is 19.3 Å². The molecular formula is C11H18N2O. The van der Waals surface area contributed by atoms with E-state index in [0.29, 0.717) is 19.4 Å². The average Bonchev–Trinajstić information content (AvgIpc) is 2.28. The molecule has 0 saturated carbocycles. The van der Waals surface area contributed by atoms with Crippen molar-refractivity contribution < 1.29 is 4.79 Å². The molecule has 0 atom stereocenters. The molecule has 1 amide bonds. The van der Waals surface area contributed by atoms with Crippen molar-refractivity contribution in [3.63, 3.8) is 0 Å². The minimum Gasteiger partial charge on any atom is -0.342 e. The Kier molecular flexibility index (Phi) is 5.06. The normalized spacial score (nSPS) is 19.4. The predicted molar refractivity (Wildman–Crippen MR) is 54.5 cm³/mol. The van der Waals surface area contributed by atoms with Gasteiger partial charge in [-0.05, 0) is 12.8 Å². The number of carbonyl (C=O) groups excluding carboxylic acids is 1. The van der Waals surface area contributed by atoms with Crippen molar-refractivity contribution in [1.29, 1.82) is 5.26 Å². The summed E-state index contributed by atoms with van der Waals surface area (Å²) >= 11 is 0. The molecule has 1 saturated heterocycles. The van der Waals surface area contributed by atoms with Crippen LogP contribution < -0.4 is 0 Å². The fraction of sp³-hybridized carbons (Fsp3) is 0.818. The lowest BCUT2D eigenvalue weighted by Gasteiger charge is -2.20. The fourth-order valence-electron chi connectivity index (χ4n) is 1.81. The minimum atomic E-state index is 0.238. The molecule has 14 heavy (non-hydrogen) atoms. The third kappa shape index (κ3) is 3.78. The van der Waals surface area contributed by atoms with Gasteiger partial charge in [-0.2, -0.15) is 5.26 Å². The van der Waals surface area contributed by atoms with Crippen molar-refractivity contribution in [2.24, 2.45) is 0 Å². The van der Waals surface area contributed by atoms with Crippen molar-refractivity contribution in [1.82, 2.24) is 4.90 Å². The quantitative estimate of drug-likeness (QED) is 0.675. The third-order valence-electron chi connectivity index (χ3n) is 2.66. The fourth-order valence-corrected chi connectivity index (χ4v) is 1.81. The van der Waals surface area contributed by atoms with E-state index in [-0.39, 0.29) is 5.91 Å².